The lowest BCUT2D eigenvalue weighted by atomic mass is 10.1. The Kier molecular flexibility index (Phi) is 3.46. The molecular formula is C14H16N2O2. The van der Waals surface area contributed by atoms with E-state index in [9.17, 15) is 4.79 Å². The molecule has 4 heteroatoms. The molecule has 18 heavy (non-hydrogen) atoms. The zero-order valence-corrected chi connectivity index (χ0v) is 10.5. The number of carbonyl (C=O) groups is 1. The number of aliphatic carboxylic acids is 1. The number of aromatic nitrogens is 2. The zero-order valence-electron chi connectivity index (χ0n) is 10.5. The molecule has 0 bridgehead atoms. The molecule has 4 nitrogen and oxygen atoms in total. The van der Waals surface area contributed by atoms with Gasteiger partial charge in [-0.25, -0.2) is 4.98 Å². The van der Waals surface area contributed by atoms with E-state index >= 15 is 0 Å². The Morgan fingerprint density at radius 2 is 2.22 bits per heavy atom. The van der Waals surface area contributed by atoms with Crippen LogP contribution in [0.15, 0.2) is 36.8 Å². The summed E-state index contributed by atoms with van der Waals surface area (Å²) in [5, 5.41) is 8.79. The van der Waals surface area contributed by atoms with Gasteiger partial charge in [0.2, 0.25) is 0 Å². The Morgan fingerprint density at radius 3 is 2.83 bits per heavy atom. The van der Waals surface area contributed by atoms with Gasteiger partial charge in [0.15, 0.2) is 0 Å². The fraction of sp³-hybridized carbons (Fsp3) is 0.286. The average Bonchev–Trinajstić information content (AvgIpc) is 2.77. The molecule has 0 aliphatic carbocycles. The van der Waals surface area contributed by atoms with Gasteiger partial charge in [0, 0.05) is 11.9 Å². The monoisotopic (exact) mass is 244 g/mol. The fourth-order valence-corrected chi connectivity index (χ4v) is 1.78. The van der Waals surface area contributed by atoms with E-state index < -0.39 is 5.97 Å². The fourth-order valence-electron chi connectivity index (χ4n) is 1.78. The molecule has 1 N–H and O–H groups in total. The van der Waals surface area contributed by atoms with Crippen molar-refractivity contribution in [3.05, 3.63) is 48.0 Å². The van der Waals surface area contributed by atoms with Crippen molar-refractivity contribution >= 4 is 5.97 Å². The molecule has 0 unspecified atom stereocenters. The van der Waals surface area contributed by atoms with Gasteiger partial charge in [0.1, 0.15) is 0 Å². The molecule has 94 valence electrons. The van der Waals surface area contributed by atoms with Gasteiger partial charge >= 0.3 is 5.97 Å². The van der Waals surface area contributed by atoms with Crippen LogP contribution in [-0.2, 0) is 11.2 Å². The standard InChI is InChI=1S/C14H16N2O2/c1-10(2)13-8-16(9-15-13)12-5-3-4-11(6-12)7-14(17)18/h3-6,8-10H,7H2,1-2H3,(H,17,18). The van der Waals surface area contributed by atoms with Crippen LogP contribution in [0.5, 0.6) is 0 Å². The number of carboxylic acid groups (broad SMARTS) is 1. The molecule has 1 heterocycles. The molecule has 2 rings (SSSR count). The molecular weight excluding hydrogens is 228 g/mol. The van der Waals surface area contributed by atoms with E-state index in [-0.39, 0.29) is 6.42 Å². The van der Waals surface area contributed by atoms with Gasteiger partial charge in [-0.3, -0.25) is 4.79 Å². The van der Waals surface area contributed by atoms with Crippen LogP contribution in [0.25, 0.3) is 5.69 Å². The Hall–Kier alpha value is -2.10. The summed E-state index contributed by atoms with van der Waals surface area (Å²) < 4.78 is 1.92. The third-order valence-corrected chi connectivity index (χ3v) is 2.76. The van der Waals surface area contributed by atoms with Crippen molar-refractivity contribution in [2.24, 2.45) is 0 Å². The first-order chi connectivity index (χ1) is 8.56. The molecule has 1 aromatic carbocycles. The lowest BCUT2D eigenvalue weighted by Gasteiger charge is -2.04. The maximum Gasteiger partial charge on any atom is 0.307 e. The zero-order chi connectivity index (χ0) is 13.1. The van der Waals surface area contributed by atoms with Crippen molar-refractivity contribution in [3.8, 4) is 5.69 Å². The predicted octanol–water partition coefficient (Wildman–Crippen LogP) is 2.62. The second kappa shape index (κ2) is 5.04. The number of hydrogen-bond donors (Lipinski definition) is 1. The smallest absolute Gasteiger partial charge is 0.307 e. The van der Waals surface area contributed by atoms with Gasteiger partial charge in [0.25, 0.3) is 0 Å². The van der Waals surface area contributed by atoms with Crippen LogP contribution in [0.2, 0.25) is 0 Å². The van der Waals surface area contributed by atoms with E-state index in [1.165, 1.54) is 0 Å². The predicted molar refractivity (Wildman–Crippen MR) is 69.0 cm³/mol. The van der Waals surface area contributed by atoms with E-state index in [1.54, 1.807) is 6.33 Å². The summed E-state index contributed by atoms with van der Waals surface area (Å²) in [4.78, 5) is 15.0. The normalized spacial score (nSPS) is 10.8. The quantitative estimate of drug-likeness (QED) is 0.899. The summed E-state index contributed by atoms with van der Waals surface area (Å²) in [6.45, 7) is 4.18. The lowest BCUT2D eigenvalue weighted by Crippen LogP contribution is -2.01. The Morgan fingerprint density at radius 1 is 1.44 bits per heavy atom. The minimum atomic E-state index is -0.819. The Bertz CT molecular complexity index is 558. The van der Waals surface area contributed by atoms with Crippen LogP contribution in [-0.4, -0.2) is 20.6 Å². The highest BCUT2D eigenvalue weighted by Gasteiger charge is 2.06. The summed E-state index contributed by atoms with van der Waals surface area (Å²) in [6, 6.07) is 7.50. The van der Waals surface area contributed by atoms with Crippen LogP contribution in [0, 0.1) is 0 Å². The van der Waals surface area contributed by atoms with E-state index in [0.29, 0.717) is 5.92 Å². The lowest BCUT2D eigenvalue weighted by molar-refractivity contribution is -0.136. The molecule has 0 aliphatic heterocycles. The van der Waals surface area contributed by atoms with Crippen LogP contribution < -0.4 is 0 Å². The summed E-state index contributed by atoms with van der Waals surface area (Å²) >= 11 is 0. The highest BCUT2D eigenvalue weighted by Crippen LogP contribution is 2.16. The average molecular weight is 244 g/mol. The van der Waals surface area contributed by atoms with Crippen molar-refractivity contribution in [2.75, 3.05) is 0 Å². The minimum Gasteiger partial charge on any atom is -0.481 e. The van der Waals surface area contributed by atoms with Crippen molar-refractivity contribution in [1.82, 2.24) is 9.55 Å². The number of hydrogen-bond acceptors (Lipinski definition) is 2. The van der Waals surface area contributed by atoms with Crippen molar-refractivity contribution in [2.45, 2.75) is 26.2 Å². The van der Waals surface area contributed by atoms with E-state index in [0.717, 1.165) is 16.9 Å². The number of imidazole rings is 1. The first-order valence-electron chi connectivity index (χ1n) is 5.91. The summed E-state index contributed by atoms with van der Waals surface area (Å²) in [5.74, 6) is -0.436. The second-order valence-corrected chi connectivity index (χ2v) is 4.60. The van der Waals surface area contributed by atoms with E-state index in [2.05, 4.69) is 18.8 Å². The molecule has 0 atom stereocenters. The van der Waals surface area contributed by atoms with Gasteiger partial charge in [-0.05, 0) is 23.6 Å². The molecule has 0 radical (unpaired) electrons. The van der Waals surface area contributed by atoms with Crippen molar-refractivity contribution in [1.29, 1.82) is 0 Å². The topological polar surface area (TPSA) is 55.1 Å². The molecule has 0 saturated carbocycles. The number of rotatable bonds is 4. The van der Waals surface area contributed by atoms with Crippen LogP contribution >= 0.6 is 0 Å². The molecule has 0 saturated heterocycles. The van der Waals surface area contributed by atoms with Crippen LogP contribution in [0.1, 0.15) is 31.0 Å². The van der Waals surface area contributed by atoms with Gasteiger partial charge in [-0.1, -0.05) is 26.0 Å². The molecule has 1 aromatic heterocycles. The van der Waals surface area contributed by atoms with Crippen molar-refractivity contribution in [3.63, 3.8) is 0 Å². The molecule has 0 fully saturated rings. The van der Waals surface area contributed by atoms with Crippen LogP contribution in [0.4, 0.5) is 0 Å². The third-order valence-electron chi connectivity index (χ3n) is 2.76. The maximum absolute atomic E-state index is 10.7. The molecule has 0 aliphatic rings. The SMILES string of the molecule is CC(C)c1cn(-c2cccc(CC(=O)O)c2)cn1. The summed E-state index contributed by atoms with van der Waals surface area (Å²) in [6.07, 6.45) is 3.78. The third kappa shape index (κ3) is 2.77. The molecule has 0 amide bonds. The largest absolute Gasteiger partial charge is 0.481 e. The second-order valence-electron chi connectivity index (χ2n) is 4.60. The number of benzene rings is 1. The summed E-state index contributed by atoms with van der Waals surface area (Å²) in [5.41, 5.74) is 2.76. The van der Waals surface area contributed by atoms with Gasteiger partial charge in [-0.15, -0.1) is 0 Å². The number of carboxylic acids is 1. The van der Waals surface area contributed by atoms with E-state index in [1.807, 2.05) is 35.0 Å². The minimum absolute atomic E-state index is 0.0412. The molecule has 2 aromatic rings. The van der Waals surface area contributed by atoms with Gasteiger partial charge < -0.3 is 9.67 Å². The highest BCUT2D eigenvalue weighted by atomic mass is 16.4. The van der Waals surface area contributed by atoms with Crippen molar-refractivity contribution < 1.29 is 9.90 Å². The van der Waals surface area contributed by atoms with Crippen LogP contribution in [0.3, 0.4) is 0 Å². The highest BCUT2D eigenvalue weighted by molar-refractivity contribution is 5.70. The first kappa shape index (κ1) is 12.4. The maximum atomic E-state index is 10.7. The van der Waals surface area contributed by atoms with Gasteiger partial charge in [-0.2, -0.15) is 0 Å². The summed E-state index contributed by atoms with van der Waals surface area (Å²) in [7, 11) is 0. The molecule has 0 spiro atoms. The Balaban J connectivity index is 2.29. The van der Waals surface area contributed by atoms with Gasteiger partial charge in [0.05, 0.1) is 18.4 Å². The Labute approximate surface area is 106 Å². The van der Waals surface area contributed by atoms with E-state index in [4.69, 9.17) is 5.11 Å². The number of nitrogens with zero attached hydrogens (tertiary/aromatic N) is 2. The first-order valence-corrected chi connectivity index (χ1v) is 5.91.